The third-order valence-corrected chi connectivity index (χ3v) is 3.28. The molecule has 1 aromatic rings. The quantitative estimate of drug-likeness (QED) is 0.758. The molecule has 2 rings (SSSR count). The molecule has 1 unspecified atom stereocenters. The molecule has 0 spiro atoms. The van der Waals surface area contributed by atoms with Crippen molar-refractivity contribution in [2.45, 2.75) is 19.5 Å². The average molecular weight is 198 g/mol. The van der Waals surface area contributed by atoms with Gasteiger partial charge < -0.3 is 9.88 Å². The second kappa shape index (κ2) is 4.11. The number of hydrogen-bond acceptors (Lipinski definition) is 4. The third-order valence-electron chi connectivity index (χ3n) is 2.22. The zero-order valence-electron chi connectivity index (χ0n) is 7.73. The van der Waals surface area contributed by atoms with Gasteiger partial charge in [0.2, 0.25) is 0 Å². The van der Waals surface area contributed by atoms with Crippen molar-refractivity contribution >= 4 is 11.8 Å². The Labute approximate surface area is 82.1 Å². The molecule has 0 saturated carbocycles. The molecule has 1 aromatic heterocycles. The number of nitrogens with zero attached hydrogens (tertiary/aromatic N) is 3. The highest BCUT2D eigenvalue weighted by atomic mass is 32.2. The molecule has 1 aliphatic rings. The fourth-order valence-corrected chi connectivity index (χ4v) is 2.44. The van der Waals surface area contributed by atoms with Gasteiger partial charge >= 0.3 is 0 Å². The minimum Gasteiger partial charge on any atom is -0.317 e. The molecule has 5 heteroatoms. The Balaban J connectivity index is 2.13. The van der Waals surface area contributed by atoms with Crippen molar-refractivity contribution in [2.24, 2.45) is 0 Å². The van der Waals surface area contributed by atoms with Crippen LogP contribution < -0.4 is 5.32 Å². The molecule has 0 aliphatic carbocycles. The van der Waals surface area contributed by atoms with Crippen LogP contribution in [0.1, 0.15) is 18.8 Å². The standard InChI is InChI=1S/C8H14N4S/c1-2-12-6-10-11-8(12)7-5-13-4-3-9-7/h6-7,9H,2-5H2,1H3. The van der Waals surface area contributed by atoms with Gasteiger partial charge in [-0.05, 0) is 6.92 Å². The molecule has 13 heavy (non-hydrogen) atoms. The van der Waals surface area contributed by atoms with Gasteiger partial charge in [-0.15, -0.1) is 10.2 Å². The monoisotopic (exact) mass is 198 g/mol. The second-order valence-corrected chi connectivity index (χ2v) is 4.21. The van der Waals surface area contributed by atoms with E-state index >= 15 is 0 Å². The van der Waals surface area contributed by atoms with E-state index in [1.54, 1.807) is 6.33 Å². The summed E-state index contributed by atoms with van der Waals surface area (Å²) in [6, 6.07) is 0.390. The molecule has 1 fully saturated rings. The van der Waals surface area contributed by atoms with Gasteiger partial charge in [0.1, 0.15) is 6.33 Å². The summed E-state index contributed by atoms with van der Waals surface area (Å²) >= 11 is 1.98. The zero-order chi connectivity index (χ0) is 9.10. The minimum atomic E-state index is 0.390. The van der Waals surface area contributed by atoms with Crippen LogP contribution in [0.15, 0.2) is 6.33 Å². The highest BCUT2D eigenvalue weighted by Gasteiger charge is 2.19. The second-order valence-electron chi connectivity index (χ2n) is 3.06. The number of hydrogen-bond donors (Lipinski definition) is 1. The van der Waals surface area contributed by atoms with Gasteiger partial charge in [0.25, 0.3) is 0 Å². The van der Waals surface area contributed by atoms with Gasteiger partial charge in [-0.3, -0.25) is 0 Å². The molecule has 1 atom stereocenters. The smallest absolute Gasteiger partial charge is 0.150 e. The Kier molecular flexibility index (Phi) is 2.85. The fraction of sp³-hybridized carbons (Fsp3) is 0.750. The Morgan fingerprint density at radius 2 is 2.69 bits per heavy atom. The van der Waals surface area contributed by atoms with Crippen molar-refractivity contribution in [1.29, 1.82) is 0 Å². The zero-order valence-corrected chi connectivity index (χ0v) is 8.55. The van der Waals surface area contributed by atoms with E-state index in [1.165, 1.54) is 5.75 Å². The van der Waals surface area contributed by atoms with Crippen molar-refractivity contribution in [2.75, 3.05) is 18.1 Å². The van der Waals surface area contributed by atoms with Crippen LogP contribution in [0.2, 0.25) is 0 Å². The average Bonchev–Trinajstić information content (AvgIpc) is 2.67. The first-order valence-electron chi connectivity index (χ1n) is 4.60. The van der Waals surface area contributed by atoms with E-state index in [1.807, 2.05) is 11.8 Å². The fourth-order valence-electron chi connectivity index (χ4n) is 1.51. The number of rotatable bonds is 2. The molecule has 72 valence electrons. The summed E-state index contributed by atoms with van der Waals surface area (Å²) in [4.78, 5) is 0. The van der Waals surface area contributed by atoms with Gasteiger partial charge in [-0.1, -0.05) is 0 Å². The van der Waals surface area contributed by atoms with Crippen LogP contribution in [0.25, 0.3) is 0 Å². The summed E-state index contributed by atoms with van der Waals surface area (Å²) in [6.45, 7) is 4.14. The molecular formula is C8H14N4S. The molecular weight excluding hydrogens is 184 g/mol. The normalized spacial score (nSPS) is 23.3. The van der Waals surface area contributed by atoms with Gasteiger partial charge in [-0.25, -0.2) is 0 Å². The van der Waals surface area contributed by atoms with Gasteiger partial charge in [0.05, 0.1) is 6.04 Å². The largest absolute Gasteiger partial charge is 0.317 e. The molecule has 2 heterocycles. The summed E-state index contributed by atoms with van der Waals surface area (Å²) in [5, 5.41) is 11.5. The van der Waals surface area contributed by atoms with Crippen LogP contribution in [-0.2, 0) is 6.54 Å². The van der Waals surface area contributed by atoms with Gasteiger partial charge in [0, 0.05) is 24.6 Å². The lowest BCUT2D eigenvalue weighted by atomic mass is 10.3. The topological polar surface area (TPSA) is 42.7 Å². The van der Waals surface area contributed by atoms with Crippen LogP contribution in [0.4, 0.5) is 0 Å². The van der Waals surface area contributed by atoms with Crippen LogP contribution in [0, 0.1) is 0 Å². The highest BCUT2D eigenvalue weighted by molar-refractivity contribution is 7.99. The summed E-state index contributed by atoms with van der Waals surface area (Å²) in [5.41, 5.74) is 0. The molecule has 0 aromatic carbocycles. The molecule has 0 amide bonds. The third kappa shape index (κ3) is 1.86. The van der Waals surface area contributed by atoms with Crippen LogP contribution in [-0.4, -0.2) is 32.8 Å². The minimum absolute atomic E-state index is 0.390. The predicted octanol–water partition coefficient (Wildman–Crippen LogP) is 0.675. The summed E-state index contributed by atoms with van der Waals surface area (Å²) in [6.07, 6.45) is 1.80. The van der Waals surface area contributed by atoms with E-state index in [2.05, 4.69) is 27.0 Å². The maximum Gasteiger partial charge on any atom is 0.150 e. The number of aryl methyl sites for hydroxylation is 1. The van der Waals surface area contributed by atoms with Crippen LogP contribution >= 0.6 is 11.8 Å². The van der Waals surface area contributed by atoms with E-state index in [9.17, 15) is 0 Å². The van der Waals surface area contributed by atoms with E-state index in [0.717, 1.165) is 24.7 Å². The number of thioether (sulfide) groups is 1. The molecule has 0 bridgehead atoms. The molecule has 4 nitrogen and oxygen atoms in total. The van der Waals surface area contributed by atoms with Crippen LogP contribution in [0.3, 0.4) is 0 Å². The molecule has 1 aliphatic heterocycles. The Morgan fingerprint density at radius 3 is 3.38 bits per heavy atom. The maximum atomic E-state index is 4.15. The first-order chi connectivity index (χ1) is 6.42. The molecule has 0 radical (unpaired) electrons. The summed E-state index contributed by atoms with van der Waals surface area (Å²) in [5.74, 6) is 3.39. The van der Waals surface area contributed by atoms with Gasteiger partial charge in [-0.2, -0.15) is 11.8 Å². The van der Waals surface area contributed by atoms with E-state index in [4.69, 9.17) is 0 Å². The SMILES string of the molecule is CCn1cnnc1C1CSCCN1. The van der Waals surface area contributed by atoms with Crippen LogP contribution in [0.5, 0.6) is 0 Å². The van der Waals surface area contributed by atoms with Crippen molar-refractivity contribution < 1.29 is 0 Å². The highest BCUT2D eigenvalue weighted by Crippen LogP contribution is 2.19. The lowest BCUT2D eigenvalue weighted by Gasteiger charge is -2.22. The summed E-state index contributed by atoms with van der Waals surface area (Å²) in [7, 11) is 0. The Morgan fingerprint density at radius 1 is 1.77 bits per heavy atom. The molecule has 1 saturated heterocycles. The van der Waals surface area contributed by atoms with Gasteiger partial charge in [0.15, 0.2) is 5.82 Å². The summed E-state index contributed by atoms with van der Waals surface area (Å²) < 4.78 is 2.10. The lowest BCUT2D eigenvalue weighted by Crippen LogP contribution is -2.32. The maximum absolute atomic E-state index is 4.15. The van der Waals surface area contributed by atoms with Crippen molar-refractivity contribution in [1.82, 2.24) is 20.1 Å². The van der Waals surface area contributed by atoms with Crippen molar-refractivity contribution in [3.8, 4) is 0 Å². The first kappa shape index (κ1) is 9.02. The van der Waals surface area contributed by atoms with E-state index in [0.29, 0.717) is 6.04 Å². The predicted molar refractivity (Wildman–Crippen MR) is 53.8 cm³/mol. The Hall–Kier alpha value is -0.550. The van der Waals surface area contributed by atoms with E-state index in [-0.39, 0.29) is 0 Å². The van der Waals surface area contributed by atoms with E-state index < -0.39 is 0 Å². The number of nitrogens with one attached hydrogen (secondary N) is 1. The van der Waals surface area contributed by atoms with Crippen molar-refractivity contribution in [3.05, 3.63) is 12.2 Å². The Bertz CT molecular complexity index is 267. The molecule has 1 N–H and O–H groups in total. The van der Waals surface area contributed by atoms with Crippen molar-refractivity contribution in [3.63, 3.8) is 0 Å². The first-order valence-corrected chi connectivity index (χ1v) is 5.76. The number of aromatic nitrogens is 3. The lowest BCUT2D eigenvalue weighted by molar-refractivity contribution is 0.530.